The normalized spacial score (nSPS) is 11.4. The molecule has 0 unspecified atom stereocenters. The van der Waals surface area contributed by atoms with Gasteiger partial charge in [0.2, 0.25) is 0 Å². The summed E-state index contributed by atoms with van der Waals surface area (Å²) < 4.78 is 3.20. The molecule has 3 aromatic carbocycles. The molecule has 0 radical (unpaired) electrons. The van der Waals surface area contributed by atoms with Gasteiger partial charge in [0.25, 0.3) is 0 Å². The van der Waals surface area contributed by atoms with E-state index >= 15 is 0 Å². The fraction of sp³-hybridized carbons (Fsp3) is 0. The van der Waals surface area contributed by atoms with E-state index in [-0.39, 0.29) is 0 Å². The highest BCUT2D eigenvalue weighted by molar-refractivity contribution is 9.10. The SMILES string of the molecule is Brc1ccc(-n2cccc2C=Nc2cccc3ccccc23)cc1. The van der Waals surface area contributed by atoms with Crippen molar-refractivity contribution in [2.45, 2.75) is 0 Å². The Morgan fingerprint density at radius 2 is 1.58 bits per heavy atom. The molecular weight excluding hydrogens is 360 g/mol. The molecule has 4 aromatic rings. The number of fused-ring (bicyclic) bond motifs is 1. The molecule has 0 aliphatic rings. The maximum atomic E-state index is 4.73. The summed E-state index contributed by atoms with van der Waals surface area (Å²) in [4.78, 5) is 4.73. The van der Waals surface area contributed by atoms with Crippen LogP contribution in [0.2, 0.25) is 0 Å². The predicted molar refractivity (Wildman–Crippen MR) is 105 cm³/mol. The van der Waals surface area contributed by atoms with E-state index in [1.807, 2.05) is 48.8 Å². The number of hydrogen-bond acceptors (Lipinski definition) is 1. The number of benzene rings is 3. The molecule has 0 N–H and O–H groups in total. The summed E-state index contributed by atoms with van der Waals surface area (Å²) in [5, 5.41) is 2.37. The molecule has 24 heavy (non-hydrogen) atoms. The van der Waals surface area contributed by atoms with Gasteiger partial charge < -0.3 is 4.57 Å². The Labute approximate surface area is 149 Å². The maximum Gasteiger partial charge on any atom is 0.0708 e. The van der Waals surface area contributed by atoms with Crippen molar-refractivity contribution in [1.29, 1.82) is 0 Å². The number of halogens is 1. The predicted octanol–water partition coefficient (Wildman–Crippen LogP) is 6.14. The topological polar surface area (TPSA) is 17.3 Å². The quantitative estimate of drug-likeness (QED) is 0.383. The first-order valence-corrected chi connectivity index (χ1v) is 8.56. The van der Waals surface area contributed by atoms with Crippen LogP contribution >= 0.6 is 15.9 Å². The fourth-order valence-electron chi connectivity index (χ4n) is 2.79. The second-order valence-electron chi connectivity index (χ2n) is 5.54. The Hall–Kier alpha value is -2.65. The van der Waals surface area contributed by atoms with E-state index in [0.717, 1.165) is 26.9 Å². The Balaban J connectivity index is 1.72. The van der Waals surface area contributed by atoms with Crippen LogP contribution in [0.5, 0.6) is 0 Å². The molecule has 3 heteroatoms. The van der Waals surface area contributed by atoms with Crippen LogP contribution in [-0.4, -0.2) is 10.8 Å². The minimum atomic E-state index is 0.983. The van der Waals surface area contributed by atoms with Crippen molar-refractivity contribution in [2.24, 2.45) is 4.99 Å². The Morgan fingerprint density at radius 1 is 0.792 bits per heavy atom. The van der Waals surface area contributed by atoms with Gasteiger partial charge in [-0.1, -0.05) is 52.3 Å². The van der Waals surface area contributed by atoms with Crippen molar-refractivity contribution in [3.05, 3.63) is 95.2 Å². The van der Waals surface area contributed by atoms with E-state index in [9.17, 15) is 0 Å². The summed E-state index contributed by atoms with van der Waals surface area (Å²) in [6.07, 6.45) is 3.97. The van der Waals surface area contributed by atoms with Crippen molar-refractivity contribution in [3.8, 4) is 5.69 Å². The van der Waals surface area contributed by atoms with Crippen LogP contribution in [0.3, 0.4) is 0 Å². The molecular formula is C21H15BrN2. The summed E-state index contributed by atoms with van der Waals surface area (Å²) in [5.41, 5.74) is 3.14. The van der Waals surface area contributed by atoms with Gasteiger partial charge in [-0.2, -0.15) is 0 Å². The van der Waals surface area contributed by atoms with E-state index in [1.165, 1.54) is 5.39 Å². The molecule has 1 aromatic heterocycles. The second kappa shape index (κ2) is 6.46. The summed E-state index contributed by atoms with van der Waals surface area (Å²) >= 11 is 3.48. The summed E-state index contributed by atoms with van der Waals surface area (Å²) in [5.74, 6) is 0. The van der Waals surface area contributed by atoms with Crippen molar-refractivity contribution < 1.29 is 0 Å². The number of nitrogens with zero attached hydrogens (tertiary/aromatic N) is 2. The van der Waals surface area contributed by atoms with Gasteiger partial charge in [-0.3, -0.25) is 4.99 Å². The molecule has 0 spiro atoms. The van der Waals surface area contributed by atoms with Crippen LogP contribution in [0, 0.1) is 0 Å². The highest BCUT2D eigenvalue weighted by Gasteiger charge is 2.02. The summed E-state index contributed by atoms with van der Waals surface area (Å²) in [7, 11) is 0. The molecule has 0 saturated heterocycles. The lowest BCUT2D eigenvalue weighted by atomic mass is 10.1. The highest BCUT2D eigenvalue weighted by Crippen LogP contribution is 2.25. The third-order valence-electron chi connectivity index (χ3n) is 3.99. The van der Waals surface area contributed by atoms with Gasteiger partial charge in [-0.05, 0) is 47.9 Å². The standard InChI is InChI=1S/C21H15BrN2/c22-17-10-12-18(13-11-17)24-14-4-7-19(24)15-23-21-9-3-6-16-5-1-2-8-20(16)21/h1-15H. The first-order chi connectivity index (χ1) is 11.8. The molecule has 0 atom stereocenters. The van der Waals surface area contributed by atoms with Crippen LogP contribution < -0.4 is 0 Å². The number of rotatable bonds is 3. The van der Waals surface area contributed by atoms with Gasteiger partial charge in [0.15, 0.2) is 0 Å². The van der Waals surface area contributed by atoms with E-state index in [0.29, 0.717) is 0 Å². The van der Waals surface area contributed by atoms with Gasteiger partial charge in [0, 0.05) is 21.7 Å². The Morgan fingerprint density at radius 3 is 2.46 bits per heavy atom. The van der Waals surface area contributed by atoms with Crippen LogP contribution in [0.1, 0.15) is 5.69 Å². The molecule has 0 amide bonds. The molecule has 0 aliphatic carbocycles. The zero-order valence-corrected chi connectivity index (χ0v) is 14.5. The average molecular weight is 375 g/mol. The molecule has 0 bridgehead atoms. The highest BCUT2D eigenvalue weighted by atomic mass is 79.9. The average Bonchev–Trinajstić information content (AvgIpc) is 3.09. The van der Waals surface area contributed by atoms with E-state index in [4.69, 9.17) is 4.99 Å². The van der Waals surface area contributed by atoms with Crippen molar-refractivity contribution in [1.82, 2.24) is 4.57 Å². The molecule has 4 rings (SSSR count). The van der Waals surface area contributed by atoms with Crippen LogP contribution in [0.25, 0.3) is 16.5 Å². The second-order valence-corrected chi connectivity index (χ2v) is 6.45. The number of aliphatic imine (C=N–C) groups is 1. The van der Waals surface area contributed by atoms with E-state index in [1.54, 1.807) is 0 Å². The molecule has 1 heterocycles. The van der Waals surface area contributed by atoms with Crippen molar-refractivity contribution >= 4 is 38.6 Å². The maximum absolute atomic E-state index is 4.73. The van der Waals surface area contributed by atoms with Gasteiger partial charge >= 0.3 is 0 Å². The lowest BCUT2D eigenvalue weighted by Crippen LogP contribution is -1.97. The fourth-order valence-corrected chi connectivity index (χ4v) is 3.06. The van der Waals surface area contributed by atoms with Crippen LogP contribution in [0.15, 0.2) is 94.5 Å². The lowest BCUT2D eigenvalue weighted by molar-refractivity contribution is 1.07. The van der Waals surface area contributed by atoms with Crippen molar-refractivity contribution in [3.63, 3.8) is 0 Å². The molecule has 0 aliphatic heterocycles. The Bertz CT molecular complexity index is 1010. The zero-order valence-electron chi connectivity index (χ0n) is 12.9. The first kappa shape index (κ1) is 14.9. The molecule has 2 nitrogen and oxygen atoms in total. The molecule has 116 valence electrons. The Kier molecular flexibility index (Phi) is 4.01. The third kappa shape index (κ3) is 2.91. The monoisotopic (exact) mass is 374 g/mol. The van der Waals surface area contributed by atoms with Gasteiger partial charge in [0.05, 0.1) is 17.6 Å². The number of aromatic nitrogens is 1. The van der Waals surface area contributed by atoms with Gasteiger partial charge in [-0.15, -0.1) is 0 Å². The summed E-state index contributed by atoms with van der Waals surface area (Å²) in [6, 6.07) is 26.9. The molecule has 0 saturated carbocycles. The van der Waals surface area contributed by atoms with Crippen molar-refractivity contribution in [2.75, 3.05) is 0 Å². The van der Waals surface area contributed by atoms with Crippen LogP contribution in [0.4, 0.5) is 5.69 Å². The largest absolute Gasteiger partial charge is 0.316 e. The zero-order chi connectivity index (χ0) is 16.4. The number of hydrogen-bond donors (Lipinski definition) is 0. The minimum Gasteiger partial charge on any atom is -0.316 e. The first-order valence-electron chi connectivity index (χ1n) is 7.76. The van der Waals surface area contributed by atoms with E-state index < -0.39 is 0 Å². The lowest BCUT2D eigenvalue weighted by Gasteiger charge is -2.06. The van der Waals surface area contributed by atoms with Crippen LogP contribution in [-0.2, 0) is 0 Å². The van der Waals surface area contributed by atoms with E-state index in [2.05, 4.69) is 63.0 Å². The minimum absolute atomic E-state index is 0.983. The molecule has 0 fully saturated rings. The van der Waals surface area contributed by atoms with Gasteiger partial charge in [-0.25, -0.2) is 0 Å². The smallest absolute Gasteiger partial charge is 0.0708 e. The third-order valence-corrected chi connectivity index (χ3v) is 4.52. The van der Waals surface area contributed by atoms with Gasteiger partial charge in [0.1, 0.15) is 0 Å². The summed E-state index contributed by atoms with van der Waals surface area (Å²) in [6.45, 7) is 0.